The monoisotopic (exact) mass is 321 g/mol. The van der Waals surface area contributed by atoms with Gasteiger partial charge in [-0.25, -0.2) is 4.79 Å². The fraction of sp³-hybridized carbons (Fsp3) is 0.429. The lowest BCUT2D eigenvalue weighted by molar-refractivity contribution is -0.385. The van der Waals surface area contributed by atoms with Crippen molar-refractivity contribution < 1.29 is 14.5 Å². The van der Waals surface area contributed by atoms with Crippen LogP contribution < -0.4 is 0 Å². The minimum Gasteiger partial charge on any atom is -0.465 e. The van der Waals surface area contributed by atoms with Crippen molar-refractivity contribution in [2.75, 3.05) is 18.6 Å². The van der Waals surface area contributed by atoms with Crippen LogP contribution in [0.25, 0.3) is 10.9 Å². The Morgan fingerprint density at radius 2 is 2.18 bits per heavy atom. The zero-order valence-corrected chi connectivity index (χ0v) is 12.8. The smallest absolute Gasteiger partial charge is 0.344 e. The van der Waals surface area contributed by atoms with Crippen molar-refractivity contribution in [1.82, 2.24) is 9.78 Å². The molecule has 2 aromatic rings. The lowest BCUT2D eigenvalue weighted by Gasteiger charge is -2.21. The largest absolute Gasteiger partial charge is 0.465 e. The van der Waals surface area contributed by atoms with Crippen molar-refractivity contribution >= 4 is 34.3 Å². The third-order valence-corrected chi connectivity index (χ3v) is 4.86. The Morgan fingerprint density at radius 1 is 1.45 bits per heavy atom. The van der Waals surface area contributed by atoms with Gasteiger partial charge in [0.05, 0.1) is 23.6 Å². The first-order valence-corrected chi connectivity index (χ1v) is 8.09. The fourth-order valence-corrected chi connectivity index (χ4v) is 3.72. The van der Waals surface area contributed by atoms with Gasteiger partial charge in [0.25, 0.3) is 5.69 Å². The molecule has 0 bridgehead atoms. The van der Waals surface area contributed by atoms with Crippen molar-refractivity contribution in [2.45, 2.75) is 18.9 Å². The molecule has 22 heavy (non-hydrogen) atoms. The first kappa shape index (κ1) is 14.8. The van der Waals surface area contributed by atoms with Crippen LogP contribution in [0.15, 0.2) is 18.3 Å². The molecule has 1 saturated heterocycles. The van der Waals surface area contributed by atoms with Crippen LogP contribution in [0, 0.1) is 10.1 Å². The van der Waals surface area contributed by atoms with Gasteiger partial charge in [-0.05, 0) is 30.4 Å². The molecule has 2 heterocycles. The minimum atomic E-state index is -0.725. The van der Waals surface area contributed by atoms with E-state index < -0.39 is 10.9 Å². The van der Waals surface area contributed by atoms with Crippen molar-refractivity contribution in [1.29, 1.82) is 0 Å². The van der Waals surface area contributed by atoms with Gasteiger partial charge in [0.2, 0.25) is 0 Å². The molecule has 7 nitrogen and oxygen atoms in total. The van der Waals surface area contributed by atoms with Crippen molar-refractivity contribution in [3.8, 4) is 0 Å². The molecule has 1 aliphatic rings. The number of nitro groups is 1. The van der Waals surface area contributed by atoms with E-state index in [4.69, 9.17) is 0 Å². The molecule has 8 heteroatoms. The summed E-state index contributed by atoms with van der Waals surface area (Å²) in [6.07, 6.45) is 3.89. The Bertz CT molecular complexity index is 737. The number of nitrogens with zero attached hydrogens (tertiary/aromatic N) is 3. The second kappa shape index (κ2) is 5.96. The first-order chi connectivity index (χ1) is 10.6. The maximum absolute atomic E-state index is 11.7. The number of esters is 1. The number of benzene rings is 1. The topological polar surface area (TPSA) is 87.3 Å². The summed E-state index contributed by atoms with van der Waals surface area (Å²) in [5.74, 6) is 1.46. The van der Waals surface area contributed by atoms with E-state index in [1.165, 1.54) is 19.2 Å². The van der Waals surface area contributed by atoms with Gasteiger partial charge in [-0.1, -0.05) is 0 Å². The molecule has 0 saturated carbocycles. The van der Waals surface area contributed by atoms with Crippen molar-refractivity contribution in [2.24, 2.45) is 0 Å². The molecule has 1 fully saturated rings. The van der Waals surface area contributed by atoms with Gasteiger partial charge in [-0.2, -0.15) is 16.9 Å². The second-order valence-electron chi connectivity index (χ2n) is 5.13. The third kappa shape index (κ3) is 2.66. The average Bonchev–Trinajstić information content (AvgIpc) is 2.96. The number of ether oxygens (including phenoxy) is 1. The molecule has 1 aromatic carbocycles. The van der Waals surface area contributed by atoms with Crippen LogP contribution in [0.1, 0.15) is 29.2 Å². The van der Waals surface area contributed by atoms with Crippen LogP contribution >= 0.6 is 11.8 Å². The van der Waals surface area contributed by atoms with E-state index in [0.717, 1.165) is 24.3 Å². The minimum absolute atomic E-state index is 0.0653. The van der Waals surface area contributed by atoms with Gasteiger partial charge < -0.3 is 4.74 Å². The molecule has 3 rings (SSSR count). The number of carbonyl (C=O) groups is 1. The lowest BCUT2D eigenvalue weighted by Crippen LogP contribution is -2.15. The number of carbonyl (C=O) groups excluding carboxylic acids is 1. The van der Waals surface area contributed by atoms with E-state index in [-0.39, 0.29) is 11.3 Å². The van der Waals surface area contributed by atoms with Crippen LogP contribution in [0.3, 0.4) is 0 Å². The van der Waals surface area contributed by atoms with Crippen LogP contribution in [-0.2, 0) is 4.74 Å². The third-order valence-electron chi connectivity index (χ3n) is 3.81. The Kier molecular flexibility index (Phi) is 4.02. The number of rotatable bonds is 3. The molecular weight excluding hydrogens is 306 g/mol. The zero-order chi connectivity index (χ0) is 15.7. The van der Waals surface area contributed by atoms with Crippen molar-refractivity contribution in [3.63, 3.8) is 0 Å². The van der Waals surface area contributed by atoms with E-state index in [1.54, 1.807) is 0 Å². The van der Waals surface area contributed by atoms with Crippen LogP contribution in [0.2, 0.25) is 0 Å². The maximum atomic E-state index is 11.7. The molecule has 0 radical (unpaired) electrons. The van der Waals surface area contributed by atoms with E-state index in [0.29, 0.717) is 16.9 Å². The normalized spacial score (nSPS) is 15.9. The number of fused-ring (bicyclic) bond motifs is 1. The number of hydrogen-bond donors (Lipinski definition) is 0. The van der Waals surface area contributed by atoms with Gasteiger partial charge in [0.1, 0.15) is 5.56 Å². The Hall–Kier alpha value is -2.09. The molecule has 0 N–H and O–H groups in total. The highest BCUT2D eigenvalue weighted by molar-refractivity contribution is 7.99. The van der Waals surface area contributed by atoms with Gasteiger partial charge >= 0.3 is 5.97 Å². The summed E-state index contributed by atoms with van der Waals surface area (Å²) in [5.41, 5.74) is 0.256. The van der Waals surface area contributed by atoms with E-state index in [1.807, 2.05) is 22.6 Å². The van der Waals surface area contributed by atoms with E-state index in [2.05, 4.69) is 9.84 Å². The first-order valence-electron chi connectivity index (χ1n) is 6.93. The van der Waals surface area contributed by atoms with E-state index >= 15 is 0 Å². The average molecular weight is 321 g/mol. The molecular formula is C14H15N3O4S. The van der Waals surface area contributed by atoms with E-state index in [9.17, 15) is 14.9 Å². The quantitative estimate of drug-likeness (QED) is 0.491. The molecule has 116 valence electrons. The summed E-state index contributed by atoms with van der Waals surface area (Å²) < 4.78 is 6.49. The lowest BCUT2D eigenvalue weighted by atomic mass is 10.1. The molecule has 0 unspecified atom stereocenters. The molecule has 0 spiro atoms. The number of hydrogen-bond acceptors (Lipinski definition) is 6. The number of nitro benzene ring substituents is 1. The summed E-state index contributed by atoms with van der Waals surface area (Å²) >= 11 is 1.92. The number of methoxy groups -OCH3 is 1. The summed E-state index contributed by atoms with van der Waals surface area (Å²) in [5, 5.41) is 16.3. The summed E-state index contributed by atoms with van der Waals surface area (Å²) in [6.45, 7) is 0. The fourth-order valence-electron chi connectivity index (χ4n) is 2.64. The van der Waals surface area contributed by atoms with Crippen LogP contribution in [0.5, 0.6) is 0 Å². The predicted molar refractivity (Wildman–Crippen MR) is 83.3 cm³/mol. The van der Waals surface area contributed by atoms with Gasteiger partial charge in [-0.3, -0.25) is 14.8 Å². The highest BCUT2D eigenvalue weighted by atomic mass is 32.2. The standard InChI is InChI=1S/C14H15N3O4S/c1-21-14(18)11-7-12-9(6-13(11)17(19)20)8-16(15-12)10-2-4-22-5-3-10/h6-8,10H,2-5H2,1H3. The Morgan fingerprint density at radius 3 is 2.82 bits per heavy atom. The van der Waals surface area contributed by atoms with Gasteiger partial charge in [0, 0.05) is 17.6 Å². The predicted octanol–water partition coefficient (Wildman–Crippen LogP) is 2.80. The molecule has 0 aliphatic carbocycles. The SMILES string of the molecule is COC(=O)c1cc2nn(C3CCSCC3)cc2cc1[N+](=O)[O-]. The number of aromatic nitrogens is 2. The van der Waals surface area contributed by atoms with Gasteiger partial charge in [-0.15, -0.1) is 0 Å². The highest BCUT2D eigenvalue weighted by Gasteiger charge is 2.24. The van der Waals surface area contributed by atoms with Crippen molar-refractivity contribution in [3.05, 3.63) is 34.0 Å². The molecule has 0 amide bonds. The number of thioether (sulfide) groups is 1. The highest BCUT2D eigenvalue weighted by Crippen LogP contribution is 2.30. The summed E-state index contributed by atoms with van der Waals surface area (Å²) in [7, 11) is 1.20. The second-order valence-corrected chi connectivity index (χ2v) is 6.35. The van der Waals surface area contributed by atoms with Crippen LogP contribution in [-0.4, -0.2) is 39.3 Å². The molecule has 1 aliphatic heterocycles. The molecule has 0 atom stereocenters. The summed E-state index contributed by atoms with van der Waals surface area (Å²) in [6, 6.07) is 3.14. The molecule has 1 aromatic heterocycles. The van der Waals surface area contributed by atoms with Gasteiger partial charge in [0.15, 0.2) is 0 Å². The zero-order valence-electron chi connectivity index (χ0n) is 12.0. The Labute approximate surface area is 130 Å². The van der Waals surface area contributed by atoms with Crippen LogP contribution in [0.4, 0.5) is 5.69 Å². The summed E-state index contributed by atoms with van der Waals surface area (Å²) in [4.78, 5) is 22.3. The Balaban J connectivity index is 2.07. The maximum Gasteiger partial charge on any atom is 0.344 e.